The molecule has 0 spiro atoms. The minimum atomic E-state index is -5.25. The zero-order valence-electron chi connectivity index (χ0n) is 2.42. The Morgan fingerprint density at radius 3 is 1.14 bits per heavy atom. The first-order chi connectivity index (χ1) is 2.00. The Bertz CT molecular complexity index is 94.9. The van der Waals surface area contributed by atoms with Crippen molar-refractivity contribution in [2.75, 3.05) is 0 Å². The van der Waals surface area contributed by atoms with Crippen molar-refractivity contribution in [1.29, 1.82) is 0 Å². The SMILES string of the molecule is O=[Se](=O)(O)O.[Cu].[GeH4]. The van der Waals surface area contributed by atoms with Crippen molar-refractivity contribution in [3.05, 3.63) is 0 Å². The quantitative estimate of drug-likeness (QED) is 0.460. The van der Waals surface area contributed by atoms with E-state index in [1.807, 2.05) is 0 Å². The third-order valence-corrected chi connectivity index (χ3v) is 0. The zero-order valence-corrected chi connectivity index (χ0v) is 5.08. The predicted octanol–water partition coefficient (Wildman–Crippen LogP) is -3.19. The van der Waals surface area contributed by atoms with Crippen molar-refractivity contribution in [1.82, 2.24) is 0 Å². The van der Waals surface area contributed by atoms with Gasteiger partial charge in [-0.25, -0.2) is 0 Å². The fourth-order valence-corrected chi connectivity index (χ4v) is 0. The van der Waals surface area contributed by atoms with Crippen molar-refractivity contribution in [3.8, 4) is 0 Å². The Morgan fingerprint density at radius 1 is 1.14 bits per heavy atom. The van der Waals surface area contributed by atoms with Crippen LogP contribution in [0.5, 0.6) is 0 Å². The standard InChI is InChI=1S/Cu.GeH4.H2O4Se/c;;1-5(2,3)4/h;1H4;(H2,1,2,3,4). The molecule has 0 rings (SSSR count). The van der Waals surface area contributed by atoms with Gasteiger partial charge in [0.25, 0.3) is 0 Å². The van der Waals surface area contributed by atoms with E-state index in [0.29, 0.717) is 0 Å². The van der Waals surface area contributed by atoms with Gasteiger partial charge in [-0.1, -0.05) is 0 Å². The average molecular weight is 285 g/mol. The summed E-state index contributed by atoms with van der Waals surface area (Å²) in [6.07, 6.45) is 0. The molecule has 7 heteroatoms. The van der Waals surface area contributed by atoms with Gasteiger partial charge in [-0.2, -0.15) is 0 Å². The van der Waals surface area contributed by atoms with E-state index >= 15 is 0 Å². The molecule has 0 bridgehead atoms. The number of hydrogen-bond acceptors (Lipinski definition) is 2. The molecule has 0 aromatic rings. The molecule has 7 heavy (non-hydrogen) atoms. The number of rotatable bonds is 0. The first-order valence-electron chi connectivity index (χ1n) is 0.698. The Balaban J connectivity index is -0.0000000800. The predicted molar refractivity (Wildman–Crippen MR) is 22.9 cm³/mol. The van der Waals surface area contributed by atoms with Gasteiger partial charge in [-0.3, -0.25) is 0 Å². The van der Waals surface area contributed by atoms with Gasteiger partial charge in [0.1, 0.15) is 0 Å². The molecule has 0 aromatic heterocycles. The second-order valence-electron chi connectivity index (χ2n) is 0.448. The summed E-state index contributed by atoms with van der Waals surface area (Å²) in [7, 11) is 0. The van der Waals surface area contributed by atoms with Crippen LogP contribution in [0.15, 0.2) is 0 Å². The molecule has 0 saturated carbocycles. The number of hydrogen-bond donors (Lipinski definition) is 2. The van der Waals surface area contributed by atoms with E-state index < -0.39 is 13.4 Å². The van der Waals surface area contributed by atoms with E-state index in [-0.39, 0.29) is 34.7 Å². The summed E-state index contributed by atoms with van der Waals surface area (Å²) in [5, 5.41) is 0. The third-order valence-electron chi connectivity index (χ3n) is 0. The van der Waals surface area contributed by atoms with Crippen LogP contribution >= 0.6 is 0 Å². The van der Waals surface area contributed by atoms with Crippen LogP contribution in [0.25, 0.3) is 0 Å². The van der Waals surface area contributed by atoms with Crippen LogP contribution in [-0.4, -0.2) is 39.3 Å². The van der Waals surface area contributed by atoms with Crippen molar-refractivity contribution in [2.45, 2.75) is 0 Å². The molecule has 0 unspecified atom stereocenters. The first kappa shape index (κ1) is 15.7. The molecule has 0 atom stereocenters. The molecule has 4 nitrogen and oxygen atoms in total. The molecule has 0 fully saturated rings. The Labute approximate surface area is 64.0 Å². The van der Waals surface area contributed by atoms with Crippen molar-refractivity contribution >= 4 is 31.0 Å². The van der Waals surface area contributed by atoms with Gasteiger partial charge in [-0.15, -0.1) is 0 Å². The van der Waals surface area contributed by atoms with E-state index in [9.17, 15) is 0 Å². The maximum atomic E-state index is 8.82. The van der Waals surface area contributed by atoms with Crippen LogP contribution in [0, 0.1) is 0 Å². The van der Waals surface area contributed by atoms with E-state index in [1.165, 1.54) is 0 Å². The summed E-state index contributed by atoms with van der Waals surface area (Å²) in [6, 6.07) is 0. The van der Waals surface area contributed by atoms with Gasteiger partial charge in [0.15, 0.2) is 0 Å². The van der Waals surface area contributed by atoms with Crippen molar-refractivity contribution < 1.29 is 33.1 Å². The van der Waals surface area contributed by atoms with E-state index in [1.54, 1.807) is 0 Å². The van der Waals surface area contributed by atoms with Gasteiger partial charge in [0, 0.05) is 17.1 Å². The fraction of sp³-hybridized carbons (Fsp3) is 0. The molecular formula is H6CuGeO4Se. The fourth-order valence-electron chi connectivity index (χ4n) is 0. The molecule has 0 amide bonds. The van der Waals surface area contributed by atoms with Crippen molar-refractivity contribution in [3.63, 3.8) is 0 Å². The minimum absolute atomic E-state index is 0. The van der Waals surface area contributed by atoms with Crippen LogP contribution in [0.2, 0.25) is 0 Å². The molecule has 0 saturated heterocycles. The first-order valence-corrected chi connectivity index (χ1v) is 3.63. The van der Waals surface area contributed by atoms with Crippen LogP contribution < -0.4 is 0 Å². The van der Waals surface area contributed by atoms with Crippen molar-refractivity contribution in [2.24, 2.45) is 0 Å². The van der Waals surface area contributed by atoms with Gasteiger partial charge in [0.2, 0.25) is 0 Å². The Hall–Kier alpha value is 1.10. The zero-order chi connectivity index (χ0) is 4.50. The van der Waals surface area contributed by atoms with E-state index in [4.69, 9.17) is 16.0 Å². The Morgan fingerprint density at radius 2 is 1.14 bits per heavy atom. The van der Waals surface area contributed by atoms with E-state index in [0.717, 1.165) is 0 Å². The summed E-state index contributed by atoms with van der Waals surface area (Å²) >= 11 is -5.25. The molecule has 51 valence electrons. The second kappa shape index (κ2) is 5.24. The molecule has 0 aliphatic rings. The molecule has 0 heterocycles. The summed E-state index contributed by atoms with van der Waals surface area (Å²) in [5.74, 6) is 0. The van der Waals surface area contributed by atoms with Gasteiger partial charge in [-0.05, 0) is 0 Å². The van der Waals surface area contributed by atoms with Crippen LogP contribution in [-0.2, 0) is 24.7 Å². The Kier molecular flexibility index (Phi) is 11.8. The summed E-state index contributed by atoms with van der Waals surface area (Å²) < 4.78 is 31.9. The van der Waals surface area contributed by atoms with Gasteiger partial charge < -0.3 is 0 Å². The molecule has 2 N–H and O–H groups in total. The van der Waals surface area contributed by atoms with Crippen LogP contribution in [0.1, 0.15) is 0 Å². The van der Waals surface area contributed by atoms with Gasteiger partial charge in [0.05, 0.1) is 0 Å². The van der Waals surface area contributed by atoms with Crippen LogP contribution in [0.3, 0.4) is 0 Å². The molecular weight excluding hydrogens is 279 g/mol. The van der Waals surface area contributed by atoms with E-state index in [2.05, 4.69) is 0 Å². The third kappa shape index (κ3) is 152. The molecule has 0 aliphatic heterocycles. The normalized spacial score (nSPS) is 8.29. The monoisotopic (exact) mass is 287 g/mol. The van der Waals surface area contributed by atoms with Gasteiger partial charge >= 0.3 is 47.0 Å². The van der Waals surface area contributed by atoms with Crippen LogP contribution in [0.4, 0.5) is 0 Å². The molecule has 1 radical (unpaired) electrons. The maximum absolute atomic E-state index is 8.82. The topological polar surface area (TPSA) is 74.6 Å². The summed E-state index contributed by atoms with van der Waals surface area (Å²) in [4.78, 5) is 0. The second-order valence-corrected chi connectivity index (χ2v) is 2.33. The summed E-state index contributed by atoms with van der Waals surface area (Å²) in [5.41, 5.74) is 0. The molecule has 0 aliphatic carbocycles. The molecule has 0 aromatic carbocycles. The summed E-state index contributed by atoms with van der Waals surface area (Å²) in [6.45, 7) is 0. The average Bonchev–Trinajstić information content (AvgIpc) is 0.722.